The van der Waals surface area contributed by atoms with Gasteiger partial charge in [0, 0.05) is 18.9 Å². The number of carboxylic acid groups (broad SMARTS) is 1. The topological polar surface area (TPSA) is 198 Å². The number of unbranched alkanes of at least 4 members (excludes halogenated alkanes) is 2. The maximum absolute atomic E-state index is 11.8. The van der Waals surface area contributed by atoms with Crippen molar-refractivity contribution in [2.24, 2.45) is 0 Å². The van der Waals surface area contributed by atoms with E-state index in [-0.39, 0.29) is 24.3 Å². The van der Waals surface area contributed by atoms with Crippen molar-refractivity contribution in [2.75, 3.05) is 11.3 Å². The fourth-order valence-corrected chi connectivity index (χ4v) is 2.54. The first kappa shape index (κ1) is 22.9. The van der Waals surface area contributed by atoms with Gasteiger partial charge in [-0.3, -0.25) is 25.1 Å². The lowest BCUT2D eigenvalue weighted by atomic mass is 10.1. The van der Waals surface area contributed by atoms with Gasteiger partial charge in [0.15, 0.2) is 0 Å². The van der Waals surface area contributed by atoms with Crippen molar-refractivity contribution in [3.05, 3.63) is 28.4 Å². The number of nitro groups is 1. The van der Waals surface area contributed by atoms with Crippen LogP contribution >= 0.6 is 0 Å². The molecule has 13 nitrogen and oxygen atoms in total. The zero-order valence-electron chi connectivity index (χ0n) is 14.6. The molecule has 1 amide bonds. The highest BCUT2D eigenvalue weighted by Crippen LogP contribution is 2.11. The number of ketones is 1. The Balaban J connectivity index is 2.26. The summed E-state index contributed by atoms with van der Waals surface area (Å²) in [6, 6.07) is 2.34. The summed E-state index contributed by atoms with van der Waals surface area (Å²) in [5.74, 6) is -3.59. The third-order valence-corrected chi connectivity index (χ3v) is 4.24. The van der Waals surface area contributed by atoms with E-state index in [2.05, 4.69) is 15.7 Å². The molecule has 0 aliphatic carbocycles. The van der Waals surface area contributed by atoms with Gasteiger partial charge in [-0.05, 0) is 18.9 Å². The standard InChI is InChI=1S/C14H19N5O8S/c20-11(14(22)23)4-2-1-3-5-13(21)16-9-28(26,27)18-17-12-7-6-10(8-15-12)19(24)25/h6-8,18H,1-5,9H2,(H,15,17)(H,16,21)(H,22,23). The van der Waals surface area contributed by atoms with E-state index in [1.54, 1.807) is 0 Å². The second-order valence-corrected chi connectivity index (χ2v) is 7.26. The molecule has 0 spiro atoms. The molecule has 0 saturated heterocycles. The highest BCUT2D eigenvalue weighted by molar-refractivity contribution is 7.89. The van der Waals surface area contributed by atoms with Crippen LogP contribution in [0, 0.1) is 10.1 Å². The van der Waals surface area contributed by atoms with Crippen LogP contribution in [-0.2, 0) is 24.4 Å². The number of carbonyl (C=O) groups is 3. The molecule has 0 unspecified atom stereocenters. The van der Waals surface area contributed by atoms with Crippen LogP contribution < -0.4 is 15.6 Å². The second-order valence-electron chi connectivity index (χ2n) is 5.53. The van der Waals surface area contributed by atoms with Crippen molar-refractivity contribution in [2.45, 2.75) is 32.1 Å². The lowest BCUT2D eigenvalue weighted by Crippen LogP contribution is -2.39. The quantitative estimate of drug-likeness (QED) is 0.146. The van der Waals surface area contributed by atoms with Gasteiger partial charge < -0.3 is 10.4 Å². The van der Waals surface area contributed by atoms with E-state index in [4.69, 9.17) is 5.11 Å². The van der Waals surface area contributed by atoms with Crippen molar-refractivity contribution in [1.29, 1.82) is 0 Å². The van der Waals surface area contributed by atoms with Crippen molar-refractivity contribution >= 4 is 39.2 Å². The lowest BCUT2D eigenvalue weighted by Gasteiger charge is -2.09. The third kappa shape index (κ3) is 9.00. The normalized spacial score (nSPS) is 10.9. The largest absolute Gasteiger partial charge is 0.476 e. The number of rotatable bonds is 13. The Morgan fingerprint density at radius 1 is 1.14 bits per heavy atom. The number of carboxylic acids is 1. The van der Waals surface area contributed by atoms with Gasteiger partial charge in [-0.2, -0.15) is 0 Å². The predicted molar refractivity (Wildman–Crippen MR) is 95.3 cm³/mol. The number of hydrazine groups is 1. The molecule has 0 fully saturated rings. The molecule has 0 saturated carbocycles. The van der Waals surface area contributed by atoms with Crippen LogP contribution in [0.3, 0.4) is 0 Å². The molecular weight excluding hydrogens is 398 g/mol. The van der Waals surface area contributed by atoms with Gasteiger partial charge in [0.25, 0.3) is 5.69 Å². The summed E-state index contributed by atoms with van der Waals surface area (Å²) in [5.41, 5.74) is 2.00. The average molecular weight is 417 g/mol. The van der Waals surface area contributed by atoms with Gasteiger partial charge in [-0.25, -0.2) is 18.2 Å². The first-order valence-corrected chi connectivity index (χ1v) is 9.64. The molecule has 0 atom stereocenters. The van der Waals surface area contributed by atoms with Gasteiger partial charge >= 0.3 is 5.97 Å². The molecule has 0 radical (unpaired) electrons. The van der Waals surface area contributed by atoms with E-state index >= 15 is 0 Å². The third-order valence-electron chi connectivity index (χ3n) is 3.30. The van der Waals surface area contributed by atoms with Crippen LogP contribution in [0.25, 0.3) is 0 Å². The maximum atomic E-state index is 11.8. The molecule has 154 valence electrons. The summed E-state index contributed by atoms with van der Waals surface area (Å²) < 4.78 is 23.6. The van der Waals surface area contributed by atoms with Gasteiger partial charge in [0.2, 0.25) is 21.7 Å². The highest BCUT2D eigenvalue weighted by atomic mass is 32.2. The summed E-state index contributed by atoms with van der Waals surface area (Å²) >= 11 is 0. The predicted octanol–water partition coefficient (Wildman–Crippen LogP) is -0.0860. The van der Waals surface area contributed by atoms with Crippen LogP contribution in [0.2, 0.25) is 0 Å². The van der Waals surface area contributed by atoms with Gasteiger partial charge in [-0.15, -0.1) is 4.83 Å². The molecule has 0 aliphatic rings. The zero-order valence-corrected chi connectivity index (χ0v) is 15.4. The molecule has 1 aromatic rings. The first-order chi connectivity index (χ1) is 13.1. The number of Topliss-reactive ketones (excluding diaryl/α,β-unsaturated/α-hetero) is 1. The molecular formula is C14H19N5O8S. The number of aliphatic carboxylic acids is 1. The minimum absolute atomic E-state index is 0.0219. The Morgan fingerprint density at radius 3 is 2.39 bits per heavy atom. The second kappa shape index (κ2) is 10.9. The number of nitrogens with one attached hydrogen (secondary N) is 3. The van der Waals surface area contributed by atoms with Gasteiger partial charge in [-0.1, -0.05) is 6.42 Å². The number of nitrogens with zero attached hydrogens (tertiary/aromatic N) is 2. The number of sulfonamides is 1. The highest BCUT2D eigenvalue weighted by Gasteiger charge is 2.13. The number of carbonyl (C=O) groups excluding carboxylic acids is 2. The number of amides is 1. The van der Waals surface area contributed by atoms with Crippen molar-refractivity contribution in [3.63, 3.8) is 0 Å². The van der Waals surface area contributed by atoms with Crippen molar-refractivity contribution in [1.82, 2.24) is 15.1 Å². The maximum Gasteiger partial charge on any atom is 0.372 e. The van der Waals surface area contributed by atoms with E-state index < -0.39 is 38.5 Å². The first-order valence-electron chi connectivity index (χ1n) is 7.99. The fourth-order valence-electron chi connectivity index (χ4n) is 1.85. The number of pyridine rings is 1. The van der Waals surface area contributed by atoms with Crippen LogP contribution in [0.1, 0.15) is 32.1 Å². The number of hydrogen-bond donors (Lipinski definition) is 4. The van der Waals surface area contributed by atoms with Crippen LogP contribution in [0.4, 0.5) is 11.5 Å². The summed E-state index contributed by atoms with van der Waals surface area (Å²) in [6.45, 7) is 0. The lowest BCUT2D eigenvalue weighted by molar-refractivity contribution is -0.385. The molecule has 4 N–H and O–H groups in total. The Morgan fingerprint density at radius 2 is 1.82 bits per heavy atom. The van der Waals surface area contributed by atoms with Crippen molar-refractivity contribution < 1.29 is 32.8 Å². The molecule has 28 heavy (non-hydrogen) atoms. The summed E-state index contributed by atoms with van der Waals surface area (Å²) in [5, 5.41) is 21.1. The zero-order chi connectivity index (χ0) is 21.2. The van der Waals surface area contributed by atoms with Crippen molar-refractivity contribution in [3.8, 4) is 0 Å². The SMILES string of the molecule is O=C(CCCCCC(=O)C(=O)O)NCS(=O)(=O)NNc1ccc([N+](=O)[O-])cn1. The Kier molecular flexibility index (Phi) is 8.90. The Bertz CT molecular complexity index is 825. The van der Waals surface area contributed by atoms with E-state index in [9.17, 15) is 32.9 Å². The minimum atomic E-state index is -3.93. The molecule has 14 heteroatoms. The van der Waals surface area contributed by atoms with Crippen LogP contribution in [0.15, 0.2) is 18.3 Å². The van der Waals surface area contributed by atoms with Gasteiger partial charge in [0.05, 0.1) is 4.92 Å². The van der Waals surface area contributed by atoms with E-state index in [0.717, 1.165) is 12.3 Å². The summed E-state index contributed by atoms with van der Waals surface area (Å²) in [7, 11) is -3.93. The van der Waals surface area contributed by atoms with E-state index in [1.807, 2.05) is 4.83 Å². The molecule has 0 aliphatic heterocycles. The smallest absolute Gasteiger partial charge is 0.372 e. The van der Waals surface area contributed by atoms with Crippen LogP contribution in [0.5, 0.6) is 0 Å². The van der Waals surface area contributed by atoms with Crippen LogP contribution in [-0.4, -0.2) is 47.0 Å². The molecule has 1 aromatic heterocycles. The molecule has 1 heterocycles. The molecule has 0 aromatic carbocycles. The fraction of sp³-hybridized carbons (Fsp3) is 0.429. The monoisotopic (exact) mass is 417 g/mol. The Labute approximate surface area is 159 Å². The van der Waals surface area contributed by atoms with E-state index in [1.165, 1.54) is 6.07 Å². The summed E-state index contributed by atoms with van der Waals surface area (Å²) in [6.07, 6.45) is 2.00. The average Bonchev–Trinajstić information content (AvgIpc) is 2.64. The van der Waals surface area contributed by atoms with Gasteiger partial charge in [0.1, 0.15) is 17.9 Å². The molecule has 0 bridgehead atoms. The molecule has 1 rings (SSSR count). The Hall–Kier alpha value is -3.13. The number of aromatic nitrogens is 1. The summed E-state index contributed by atoms with van der Waals surface area (Å²) in [4.78, 5) is 48.3. The van der Waals surface area contributed by atoms with E-state index in [0.29, 0.717) is 19.3 Å². The number of anilines is 1. The number of hydrogen-bond acceptors (Lipinski definition) is 9. The minimum Gasteiger partial charge on any atom is -0.476 e.